The van der Waals surface area contributed by atoms with E-state index >= 15 is 0 Å². The smallest absolute Gasteiger partial charge is 0.139 e. The highest BCUT2D eigenvalue weighted by Crippen LogP contribution is 2.42. The Balaban J connectivity index is 1.17. The third-order valence-electron chi connectivity index (χ3n) is 8.54. The van der Waals surface area contributed by atoms with Crippen LogP contribution in [-0.2, 0) is 0 Å². The van der Waals surface area contributed by atoms with Crippen molar-refractivity contribution in [3.05, 3.63) is 158 Å². The van der Waals surface area contributed by atoms with Gasteiger partial charge in [-0.2, -0.15) is 0 Å². The normalized spacial score (nSPS) is 11.6. The van der Waals surface area contributed by atoms with Crippen LogP contribution in [0.15, 0.2) is 162 Å². The zero-order valence-electron chi connectivity index (χ0n) is 24.2. The molecular formula is C41H26N2OS. The van der Waals surface area contributed by atoms with Gasteiger partial charge in [0.05, 0.1) is 11.1 Å². The van der Waals surface area contributed by atoms with E-state index in [4.69, 9.17) is 9.40 Å². The molecule has 9 aromatic rings. The predicted molar refractivity (Wildman–Crippen MR) is 190 cm³/mol. The van der Waals surface area contributed by atoms with E-state index < -0.39 is 0 Å². The molecule has 0 aliphatic carbocycles. The number of hydrogen-bond donors (Lipinski definition) is 0. The number of fused-ring (bicyclic) bond motifs is 6. The highest BCUT2D eigenvalue weighted by atomic mass is 32.1. The number of nitrogens with zero attached hydrogens (tertiary/aromatic N) is 2. The maximum atomic E-state index is 6.14. The molecule has 0 saturated carbocycles. The molecule has 0 spiro atoms. The fraction of sp³-hybridized carbons (Fsp3) is 0. The van der Waals surface area contributed by atoms with E-state index in [0.29, 0.717) is 0 Å². The fourth-order valence-corrected chi connectivity index (χ4v) is 7.53. The Morgan fingerprint density at radius 3 is 1.89 bits per heavy atom. The number of anilines is 3. The minimum absolute atomic E-state index is 0.849. The number of rotatable bonds is 5. The van der Waals surface area contributed by atoms with Crippen molar-refractivity contribution in [1.82, 2.24) is 4.98 Å². The Bertz CT molecular complexity index is 2480. The van der Waals surface area contributed by atoms with E-state index in [1.54, 1.807) is 0 Å². The minimum Gasteiger partial charge on any atom is -0.456 e. The van der Waals surface area contributed by atoms with Crippen LogP contribution >= 0.6 is 11.3 Å². The Labute approximate surface area is 264 Å². The van der Waals surface area contributed by atoms with E-state index in [1.807, 2.05) is 41.8 Å². The molecule has 0 bridgehead atoms. The second-order valence-corrected chi connectivity index (χ2v) is 12.3. The van der Waals surface area contributed by atoms with Crippen molar-refractivity contribution in [1.29, 1.82) is 0 Å². The van der Waals surface area contributed by atoms with Crippen molar-refractivity contribution in [2.45, 2.75) is 0 Å². The molecule has 6 aromatic carbocycles. The van der Waals surface area contributed by atoms with Crippen LogP contribution < -0.4 is 4.90 Å². The average Bonchev–Trinajstić information content (AvgIpc) is 3.68. The highest BCUT2D eigenvalue weighted by molar-refractivity contribution is 7.25. The highest BCUT2D eigenvalue weighted by Gasteiger charge is 2.17. The molecule has 0 atom stereocenters. The summed E-state index contributed by atoms with van der Waals surface area (Å²) < 4.78 is 8.73. The number of aromatic nitrogens is 1. The van der Waals surface area contributed by atoms with Crippen LogP contribution in [0.5, 0.6) is 0 Å². The van der Waals surface area contributed by atoms with Gasteiger partial charge in [-0.25, -0.2) is 0 Å². The minimum atomic E-state index is 0.849. The zero-order chi connectivity index (χ0) is 29.7. The summed E-state index contributed by atoms with van der Waals surface area (Å²) >= 11 is 1.84. The Hall–Kier alpha value is -5.71. The lowest BCUT2D eigenvalue weighted by molar-refractivity contribution is 0.668. The molecule has 9 rings (SSSR count). The van der Waals surface area contributed by atoms with Crippen molar-refractivity contribution < 1.29 is 4.42 Å². The van der Waals surface area contributed by atoms with E-state index in [2.05, 4.69) is 132 Å². The van der Waals surface area contributed by atoms with Crippen molar-refractivity contribution >= 4 is 70.5 Å². The van der Waals surface area contributed by atoms with Gasteiger partial charge in [-0.15, -0.1) is 11.3 Å². The van der Waals surface area contributed by atoms with Gasteiger partial charge in [0.2, 0.25) is 0 Å². The second-order valence-electron chi connectivity index (χ2n) is 11.2. The number of furan rings is 1. The number of benzene rings is 6. The van der Waals surface area contributed by atoms with Crippen molar-refractivity contribution in [2.24, 2.45) is 0 Å². The molecule has 0 unspecified atom stereocenters. The molecular weight excluding hydrogens is 569 g/mol. The zero-order valence-corrected chi connectivity index (χ0v) is 25.0. The molecule has 0 N–H and O–H groups in total. The Morgan fingerprint density at radius 2 is 1.09 bits per heavy atom. The van der Waals surface area contributed by atoms with E-state index in [1.165, 1.54) is 31.3 Å². The SMILES string of the molecule is c1ccc(-c2ccc(N(c3ccc(-c4nccc5oc6ccccc6c45)cc3)c3ccc4c(c3)sc3ccccc34)cc2)cc1. The number of pyridine rings is 1. The topological polar surface area (TPSA) is 29.3 Å². The first-order valence-electron chi connectivity index (χ1n) is 15.0. The van der Waals surface area contributed by atoms with Gasteiger partial charge in [0.1, 0.15) is 11.2 Å². The third kappa shape index (κ3) is 4.38. The summed E-state index contributed by atoms with van der Waals surface area (Å²) in [6.45, 7) is 0. The summed E-state index contributed by atoms with van der Waals surface area (Å²) in [6.07, 6.45) is 1.83. The van der Waals surface area contributed by atoms with Gasteiger partial charge >= 0.3 is 0 Å². The number of thiophene rings is 1. The fourth-order valence-electron chi connectivity index (χ4n) is 6.39. The van der Waals surface area contributed by atoms with Gasteiger partial charge in [0.25, 0.3) is 0 Å². The van der Waals surface area contributed by atoms with Gasteiger partial charge in [0.15, 0.2) is 0 Å². The molecule has 0 amide bonds. The third-order valence-corrected chi connectivity index (χ3v) is 9.67. The van der Waals surface area contributed by atoms with Crippen molar-refractivity contribution in [2.75, 3.05) is 4.90 Å². The molecule has 0 radical (unpaired) electrons. The number of para-hydroxylation sites is 1. The van der Waals surface area contributed by atoms with Crippen LogP contribution in [-0.4, -0.2) is 4.98 Å². The van der Waals surface area contributed by atoms with E-state index in [-0.39, 0.29) is 0 Å². The lowest BCUT2D eigenvalue weighted by atomic mass is 10.0. The average molecular weight is 595 g/mol. The first kappa shape index (κ1) is 25.8. The Morgan fingerprint density at radius 1 is 0.467 bits per heavy atom. The first-order valence-corrected chi connectivity index (χ1v) is 15.9. The summed E-state index contributed by atoms with van der Waals surface area (Å²) in [6, 6.07) is 53.7. The van der Waals surface area contributed by atoms with Crippen LogP contribution in [0.3, 0.4) is 0 Å². The van der Waals surface area contributed by atoms with E-state index in [0.717, 1.165) is 50.3 Å². The summed E-state index contributed by atoms with van der Waals surface area (Å²) in [5, 5.41) is 4.72. The van der Waals surface area contributed by atoms with Gasteiger partial charge in [-0.1, -0.05) is 97.1 Å². The monoisotopic (exact) mass is 594 g/mol. The van der Waals surface area contributed by atoms with Crippen molar-refractivity contribution in [3.8, 4) is 22.4 Å². The van der Waals surface area contributed by atoms with E-state index in [9.17, 15) is 0 Å². The lowest BCUT2D eigenvalue weighted by Gasteiger charge is -2.26. The largest absolute Gasteiger partial charge is 0.456 e. The van der Waals surface area contributed by atoms with Gasteiger partial charge in [-0.3, -0.25) is 4.98 Å². The molecule has 45 heavy (non-hydrogen) atoms. The van der Waals surface area contributed by atoms with Crippen molar-refractivity contribution in [3.63, 3.8) is 0 Å². The van der Waals surface area contributed by atoms with Gasteiger partial charge in [-0.05, 0) is 65.7 Å². The molecule has 3 aromatic heterocycles. The van der Waals surface area contributed by atoms with Gasteiger partial charge < -0.3 is 9.32 Å². The summed E-state index contributed by atoms with van der Waals surface area (Å²) in [7, 11) is 0. The molecule has 3 nitrogen and oxygen atoms in total. The van der Waals surface area contributed by atoms with Crippen LogP contribution in [0.25, 0.3) is 64.5 Å². The molecule has 0 aliphatic heterocycles. The quantitative estimate of drug-likeness (QED) is 0.198. The van der Waals surface area contributed by atoms with Crippen LogP contribution in [0.4, 0.5) is 17.1 Å². The summed E-state index contributed by atoms with van der Waals surface area (Å²) in [4.78, 5) is 7.15. The molecule has 0 aliphatic rings. The van der Waals surface area contributed by atoms with Gasteiger partial charge in [0, 0.05) is 54.4 Å². The molecule has 3 heterocycles. The summed E-state index contributed by atoms with van der Waals surface area (Å²) in [5.74, 6) is 0. The van der Waals surface area contributed by atoms with Crippen LogP contribution in [0.1, 0.15) is 0 Å². The first-order chi connectivity index (χ1) is 22.3. The van der Waals surface area contributed by atoms with Crippen LogP contribution in [0, 0.1) is 0 Å². The standard InChI is InChI=1S/C41H26N2OS/c1-2-8-27(9-3-1)28-14-18-30(19-15-28)43(32-22-23-34-33-10-5-7-13-38(33)45-39(34)26-32)31-20-16-29(17-21-31)41-40-35-11-4-6-12-36(35)44-37(40)24-25-42-41/h1-26H. The lowest BCUT2D eigenvalue weighted by Crippen LogP contribution is -2.09. The maximum Gasteiger partial charge on any atom is 0.139 e. The second kappa shape index (κ2) is 10.5. The van der Waals surface area contributed by atoms with Crippen LogP contribution in [0.2, 0.25) is 0 Å². The Kier molecular flexibility index (Phi) is 6.00. The predicted octanol–water partition coefficient (Wildman–Crippen LogP) is 12.2. The molecule has 0 saturated heterocycles. The molecule has 0 fully saturated rings. The maximum absolute atomic E-state index is 6.14. The molecule has 212 valence electrons. The summed E-state index contributed by atoms with van der Waals surface area (Å²) in [5.41, 5.74) is 9.41. The number of hydrogen-bond acceptors (Lipinski definition) is 4. The molecule has 4 heteroatoms.